The van der Waals surface area contributed by atoms with Crippen molar-refractivity contribution in [3.63, 3.8) is 0 Å². The lowest BCUT2D eigenvalue weighted by Crippen LogP contribution is -2.24. The molecule has 0 fully saturated rings. The smallest absolute Gasteiger partial charge is 0.229 e. The molecular weight excluding hydrogens is 328 g/mol. The van der Waals surface area contributed by atoms with Crippen LogP contribution in [0.3, 0.4) is 0 Å². The van der Waals surface area contributed by atoms with Crippen LogP contribution in [-0.4, -0.2) is 42.4 Å². The minimum atomic E-state index is -3.28. The van der Waals surface area contributed by atoms with Crippen LogP contribution in [0.1, 0.15) is 18.9 Å². The van der Waals surface area contributed by atoms with E-state index >= 15 is 0 Å². The zero-order chi connectivity index (χ0) is 17.7. The summed E-state index contributed by atoms with van der Waals surface area (Å²) in [6, 6.07) is 6.39. The molecular formula is C16H22N4O3S. The topological polar surface area (TPSA) is 104 Å². The SMILES string of the molecule is CCC(CO)Nc1nc(Nc2cccc(S(C)(=O)=O)c2)ncc1C. The van der Waals surface area contributed by atoms with Gasteiger partial charge in [0.05, 0.1) is 17.5 Å². The van der Waals surface area contributed by atoms with Gasteiger partial charge in [0.2, 0.25) is 5.95 Å². The van der Waals surface area contributed by atoms with Crippen LogP contribution >= 0.6 is 0 Å². The fraction of sp³-hybridized carbons (Fsp3) is 0.375. The molecule has 0 saturated carbocycles. The molecule has 2 aromatic rings. The van der Waals surface area contributed by atoms with Crippen LogP contribution in [0.25, 0.3) is 0 Å². The first kappa shape index (κ1) is 18.2. The highest BCUT2D eigenvalue weighted by Gasteiger charge is 2.11. The van der Waals surface area contributed by atoms with E-state index in [9.17, 15) is 13.5 Å². The molecule has 8 heteroatoms. The lowest BCUT2D eigenvalue weighted by Gasteiger charge is -2.17. The molecule has 0 saturated heterocycles. The Labute approximate surface area is 142 Å². The van der Waals surface area contributed by atoms with E-state index in [4.69, 9.17) is 0 Å². The lowest BCUT2D eigenvalue weighted by molar-refractivity contribution is 0.271. The van der Waals surface area contributed by atoms with Crippen LogP contribution in [0.15, 0.2) is 35.4 Å². The molecule has 0 radical (unpaired) electrons. The van der Waals surface area contributed by atoms with Gasteiger partial charge in [-0.2, -0.15) is 4.98 Å². The molecule has 1 heterocycles. The van der Waals surface area contributed by atoms with Gasteiger partial charge in [-0.1, -0.05) is 13.0 Å². The van der Waals surface area contributed by atoms with E-state index in [1.807, 2.05) is 13.8 Å². The van der Waals surface area contributed by atoms with E-state index < -0.39 is 9.84 Å². The Morgan fingerprint density at radius 2 is 2.08 bits per heavy atom. The van der Waals surface area contributed by atoms with Crippen molar-refractivity contribution < 1.29 is 13.5 Å². The van der Waals surface area contributed by atoms with Crippen molar-refractivity contribution in [1.29, 1.82) is 0 Å². The molecule has 0 aliphatic carbocycles. The van der Waals surface area contributed by atoms with E-state index in [0.29, 0.717) is 17.5 Å². The van der Waals surface area contributed by atoms with Gasteiger partial charge in [-0.05, 0) is 31.5 Å². The van der Waals surface area contributed by atoms with Crippen molar-refractivity contribution in [3.8, 4) is 0 Å². The summed E-state index contributed by atoms with van der Waals surface area (Å²) in [7, 11) is -3.28. The minimum Gasteiger partial charge on any atom is -0.394 e. The van der Waals surface area contributed by atoms with Crippen LogP contribution in [-0.2, 0) is 9.84 Å². The van der Waals surface area contributed by atoms with E-state index in [0.717, 1.165) is 18.2 Å². The summed E-state index contributed by atoms with van der Waals surface area (Å²) in [5.41, 5.74) is 1.44. The number of aryl methyl sites for hydroxylation is 1. The lowest BCUT2D eigenvalue weighted by atomic mass is 10.2. The Morgan fingerprint density at radius 1 is 1.33 bits per heavy atom. The second-order valence-corrected chi connectivity index (χ2v) is 7.60. The van der Waals surface area contributed by atoms with Crippen LogP contribution in [0.2, 0.25) is 0 Å². The van der Waals surface area contributed by atoms with Gasteiger partial charge in [-0.25, -0.2) is 13.4 Å². The molecule has 3 N–H and O–H groups in total. The third kappa shape index (κ3) is 4.65. The number of sulfone groups is 1. The Bertz CT molecular complexity index is 805. The predicted molar refractivity (Wildman–Crippen MR) is 94.4 cm³/mol. The molecule has 2 rings (SSSR count). The molecule has 0 aliphatic heterocycles. The Kier molecular flexibility index (Phi) is 5.74. The van der Waals surface area contributed by atoms with E-state index in [-0.39, 0.29) is 17.5 Å². The Morgan fingerprint density at radius 3 is 2.71 bits per heavy atom. The highest BCUT2D eigenvalue weighted by Crippen LogP contribution is 2.20. The fourth-order valence-electron chi connectivity index (χ4n) is 2.05. The van der Waals surface area contributed by atoms with Crippen molar-refractivity contribution in [3.05, 3.63) is 36.0 Å². The fourth-order valence-corrected chi connectivity index (χ4v) is 2.72. The van der Waals surface area contributed by atoms with Crippen molar-refractivity contribution >= 4 is 27.3 Å². The van der Waals surface area contributed by atoms with Crippen molar-refractivity contribution in [2.24, 2.45) is 0 Å². The number of aliphatic hydroxyl groups is 1. The van der Waals surface area contributed by atoms with Crippen LogP contribution in [0, 0.1) is 6.92 Å². The van der Waals surface area contributed by atoms with Crippen LogP contribution < -0.4 is 10.6 Å². The molecule has 0 spiro atoms. The summed E-state index contributed by atoms with van der Waals surface area (Å²) in [4.78, 5) is 8.84. The molecule has 1 aromatic carbocycles. The zero-order valence-corrected chi connectivity index (χ0v) is 14.8. The summed E-state index contributed by atoms with van der Waals surface area (Å²) in [5, 5.41) is 15.5. The average molecular weight is 350 g/mol. The summed E-state index contributed by atoms with van der Waals surface area (Å²) < 4.78 is 23.3. The molecule has 130 valence electrons. The number of benzene rings is 1. The number of aliphatic hydroxyl groups excluding tert-OH is 1. The molecule has 1 aromatic heterocycles. The predicted octanol–water partition coefficient (Wildman–Crippen LogP) is 2.11. The summed E-state index contributed by atoms with van der Waals surface area (Å²) in [6.45, 7) is 3.86. The van der Waals surface area contributed by atoms with Gasteiger partial charge in [0.1, 0.15) is 5.82 Å². The second kappa shape index (κ2) is 7.59. The second-order valence-electron chi connectivity index (χ2n) is 5.58. The molecule has 24 heavy (non-hydrogen) atoms. The number of rotatable bonds is 7. The monoisotopic (exact) mass is 350 g/mol. The van der Waals surface area contributed by atoms with Gasteiger partial charge in [0.25, 0.3) is 0 Å². The Hall–Kier alpha value is -2.19. The summed E-state index contributed by atoms with van der Waals surface area (Å²) >= 11 is 0. The number of nitrogens with one attached hydrogen (secondary N) is 2. The highest BCUT2D eigenvalue weighted by atomic mass is 32.2. The summed E-state index contributed by atoms with van der Waals surface area (Å²) in [5.74, 6) is 0.981. The largest absolute Gasteiger partial charge is 0.394 e. The third-order valence-electron chi connectivity index (χ3n) is 3.54. The van der Waals surface area contributed by atoms with Crippen LogP contribution in [0.4, 0.5) is 17.5 Å². The number of aromatic nitrogens is 2. The Balaban J connectivity index is 2.25. The first-order chi connectivity index (χ1) is 11.3. The normalized spacial score (nSPS) is 12.7. The highest BCUT2D eigenvalue weighted by molar-refractivity contribution is 7.90. The number of hydrogen-bond acceptors (Lipinski definition) is 7. The van der Waals surface area contributed by atoms with Gasteiger partial charge in [0.15, 0.2) is 9.84 Å². The maximum Gasteiger partial charge on any atom is 0.229 e. The number of anilines is 3. The molecule has 1 unspecified atom stereocenters. The quantitative estimate of drug-likeness (QED) is 0.702. The molecule has 0 aliphatic rings. The van der Waals surface area contributed by atoms with Gasteiger partial charge < -0.3 is 15.7 Å². The van der Waals surface area contributed by atoms with E-state index in [1.165, 1.54) is 12.1 Å². The van der Waals surface area contributed by atoms with Crippen molar-refractivity contribution in [2.45, 2.75) is 31.2 Å². The molecule has 1 atom stereocenters. The first-order valence-electron chi connectivity index (χ1n) is 7.61. The van der Waals surface area contributed by atoms with Gasteiger partial charge >= 0.3 is 0 Å². The van der Waals surface area contributed by atoms with Gasteiger partial charge in [0, 0.05) is 23.7 Å². The van der Waals surface area contributed by atoms with Gasteiger partial charge in [-0.15, -0.1) is 0 Å². The average Bonchev–Trinajstić information content (AvgIpc) is 2.55. The molecule has 7 nitrogen and oxygen atoms in total. The van der Waals surface area contributed by atoms with E-state index in [2.05, 4.69) is 20.6 Å². The number of nitrogens with zero attached hydrogens (tertiary/aromatic N) is 2. The zero-order valence-electron chi connectivity index (χ0n) is 13.9. The summed E-state index contributed by atoms with van der Waals surface area (Å²) in [6.07, 6.45) is 3.59. The maximum absolute atomic E-state index is 11.6. The van der Waals surface area contributed by atoms with E-state index in [1.54, 1.807) is 18.3 Å². The first-order valence-corrected chi connectivity index (χ1v) is 9.50. The maximum atomic E-state index is 11.6. The standard InChI is InChI=1S/C16H22N4O3S/c1-4-12(10-21)18-15-11(2)9-17-16(20-15)19-13-6-5-7-14(8-13)24(3,22)23/h5-9,12,21H,4,10H2,1-3H3,(H2,17,18,19,20). The molecule has 0 amide bonds. The minimum absolute atomic E-state index is 0.0130. The number of hydrogen-bond donors (Lipinski definition) is 3. The van der Waals surface area contributed by atoms with Crippen molar-refractivity contribution in [1.82, 2.24) is 9.97 Å². The van der Waals surface area contributed by atoms with Crippen molar-refractivity contribution in [2.75, 3.05) is 23.5 Å². The third-order valence-corrected chi connectivity index (χ3v) is 4.65. The molecule has 0 bridgehead atoms. The van der Waals surface area contributed by atoms with Gasteiger partial charge in [-0.3, -0.25) is 0 Å². The van der Waals surface area contributed by atoms with Crippen LogP contribution in [0.5, 0.6) is 0 Å².